The molecule has 0 unspecified atom stereocenters. The number of carbonyl (C=O) groups is 1. The molecule has 0 aromatic heterocycles. The van der Waals surface area contributed by atoms with Crippen LogP contribution < -0.4 is 5.32 Å². The lowest BCUT2D eigenvalue weighted by atomic mass is 10.0. The van der Waals surface area contributed by atoms with Crippen LogP contribution in [0.15, 0.2) is 36.4 Å². The third-order valence-corrected chi connectivity index (χ3v) is 6.18. The topological polar surface area (TPSA) is 52.6 Å². The summed E-state index contributed by atoms with van der Waals surface area (Å²) < 4.78 is 41.6. The van der Waals surface area contributed by atoms with E-state index in [1.54, 1.807) is 19.1 Å². The van der Waals surface area contributed by atoms with Crippen molar-refractivity contribution in [2.45, 2.75) is 45.5 Å². The number of benzene rings is 2. The average Bonchev–Trinajstić information content (AvgIpc) is 3.17. The number of aryl methyl sites for hydroxylation is 2. The molecule has 1 heterocycles. The number of anilines is 1. The summed E-state index contributed by atoms with van der Waals surface area (Å²) in [4.78, 5) is 13.3. The Labute approximate surface area is 185 Å². The summed E-state index contributed by atoms with van der Waals surface area (Å²) in [6.45, 7) is 5.29. The summed E-state index contributed by atoms with van der Waals surface area (Å²) in [7, 11) is 0. The average molecular weight is 455 g/mol. The fraction of sp³-hybridized carbons (Fsp3) is 0.435. The number of alkyl halides is 3. The Bertz CT molecular complexity index is 949. The van der Waals surface area contributed by atoms with E-state index >= 15 is 0 Å². The second kappa shape index (κ2) is 9.49. The lowest BCUT2D eigenvalue weighted by Crippen LogP contribution is -2.28. The van der Waals surface area contributed by atoms with Crippen molar-refractivity contribution < 1.29 is 23.1 Å². The molecule has 8 heteroatoms. The van der Waals surface area contributed by atoms with Gasteiger partial charge in [0.25, 0.3) is 0 Å². The molecule has 1 fully saturated rings. The third-order valence-electron chi connectivity index (χ3n) is 5.76. The van der Waals surface area contributed by atoms with Gasteiger partial charge in [0.05, 0.1) is 5.92 Å². The molecule has 0 amide bonds. The first-order chi connectivity index (χ1) is 14.6. The van der Waals surface area contributed by atoms with Crippen molar-refractivity contribution in [3.05, 3.63) is 63.7 Å². The molecular formula is C23H26ClF3N2O2. The van der Waals surface area contributed by atoms with Crippen molar-refractivity contribution in [1.29, 1.82) is 0 Å². The van der Waals surface area contributed by atoms with Gasteiger partial charge in [-0.3, -0.25) is 9.69 Å². The van der Waals surface area contributed by atoms with E-state index < -0.39 is 24.1 Å². The summed E-state index contributed by atoms with van der Waals surface area (Å²) in [5, 5.41) is 12.3. The van der Waals surface area contributed by atoms with Crippen molar-refractivity contribution in [2.24, 2.45) is 5.92 Å². The minimum atomic E-state index is -4.49. The zero-order chi connectivity index (χ0) is 22.8. The highest BCUT2D eigenvalue weighted by Crippen LogP contribution is 2.37. The largest absolute Gasteiger partial charge is 0.481 e. The van der Waals surface area contributed by atoms with Gasteiger partial charge < -0.3 is 10.4 Å². The highest BCUT2D eigenvalue weighted by molar-refractivity contribution is 6.31. The van der Waals surface area contributed by atoms with E-state index in [1.807, 2.05) is 17.9 Å². The molecule has 31 heavy (non-hydrogen) atoms. The van der Waals surface area contributed by atoms with Crippen LogP contribution >= 0.6 is 11.6 Å². The fourth-order valence-corrected chi connectivity index (χ4v) is 4.11. The number of rotatable bonds is 7. The summed E-state index contributed by atoms with van der Waals surface area (Å²) in [6, 6.07) is 7.69. The second-order valence-corrected chi connectivity index (χ2v) is 8.43. The molecule has 0 aliphatic carbocycles. The quantitative estimate of drug-likeness (QED) is 0.552. The number of aliphatic carboxylic acids is 1. The van der Waals surface area contributed by atoms with Gasteiger partial charge in [0.1, 0.15) is 6.04 Å². The van der Waals surface area contributed by atoms with E-state index in [4.69, 9.17) is 11.6 Å². The number of carboxylic acids is 1. The first-order valence-electron chi connectivity index (χ1n) is 10.2. The standard InChI is InChI=1S/C23H26ClF3N2O2/c1-3-15-4-6-19(11-18(15)13-29-9-8-17(12-29)22(30)31)28-21(23(25,26)27)16-5-7-20(24)14(2)10-16/h4-7,10-11,17,21,28H,3,8-9,12-13H2,1-2H3,(H,30,31)/t17-,21+/m1/s1. The van der Waals surface area contributed by atoms with Crippen molar-refractivity contribution in [2.75, 3.05) is 18.4 Å². The molecule has 4 nitrogen and oxygen atoms in total. The van der Waals surface area contributed by atoms with Crippen LogP contribution in [0.1, 0.15) is 41.6 Å². The van der Waals surface area contributed by atoms with Gasteiger partial charge >= 0.3 is 12.1 Å². The Morgan fingerprint density at radius 1 is 1.26 bits per heavy atom. The van der Waals surface area contributed by atoms with Gasteiger partial charge in [-0.25, -0.2) is 0 Å². The summed E-state index contributed by atoms with van der Waals surface area (Å²) in [6.07, 6.45) is -3.17. The van der Waals surface area contributed by atoms with Crippen LogP contribution in [0.3, 0.4) is 0 Å². The Balaban J connectivity index is 1.85. The van der Waals surface area contributed by atoms with E-state index in [1.165, 1.54) is 18.2 Å². The number of likely N-dealkylation sites (tertiary alicyclic amines) is 1. The van der Waals surface area contributed by atoms with Crippen LogP contribution in [-0.4, -0.2) is 35.2 Å². The summed E-state index contributed by atoms with van der Waals surface area (Å²) in [5.41, 5.74) is 3.00. The maximum absolute atomic E-state index is 13.9. The van der Waals surface area contributed by atoms with Crippen molar-refractivity contribution in [3.8, 4) is 0 Å². The predicted octanol–water partition coefficient (Wildman–Crippen LogP) is 5.83. The van der Waals surface area contributed by atoms with Crippen molar-refractivity contribution in [1.82, 2.24) is 4.90 Å². The molecule has 2 atom stereocenters. The number of hydrogen-bond donors (Lipinski definition) is 2. The zero-order valence-corrected chi connectivity index (χ0v) is 18.2. The first-order valence-corrected chi connectivity index (χ1v) is 10.6. The van der Waals surface area contributed by atoms with Crippen LogP contribution in [0.4, 0.5) is 18.9 Å². The van der Waals surface area contributed by atoms with Gasteiger partial charge in [-0.05, 0) is 66.8 Å². The minimum Gasteiger partial charge on any atom is -0.481 e. The Hall–Kier alpha value is -2.25. The normalized spacial score (nSPS) is 18.2. The molecule has 2 aromatic carbocycles. The van der Waals surface area contributed by atoms with Gasteiger partial charge in [0, 0.05) is 23.8 Å². The monoisotopic (exact) mass is 454 g/mol. The fourth-order valence-electron chi connectivity index (χ4n) is 3.99. The highest BCUT2D eigenvalue weighted by Gasteiger charge is 2.41. The smallest absolute Gasteiger partial charge is 0.412 e. The van der Waals surface area contributed by atoms with E-state index in [2.05, 4.69) is 5.32 Å². The van der Waals surface area contributed by atoms with Gasteiger partial charge in [0.2, 0.25) is 0 Å². The Morgan fingerprint density at radius 2 is 2.00 bits per heavy atom. The lowest BCUT2D eigenvalue weighted by molar-refractivity contribution is -0.144. The molecule has 2 N–H and O–H groups in total. The minimum absolute atomic E-state index is 0.0966. The zero-order valence-electron chi connectivity index (χ0n) is 17.5. The number of hydrogen-bond acceptors (Lipinski definition) is 3. The molecule has 1 aliphatic rings. The van der Waals surface area contributed by atoms with Gasteiger partial charge in [0.15, 0.2) is 0 Å². The van der Waals surface area contributed by atoms with Crippen molar-refractivity contribution >= 4 is 23.3 Å². The van der Waals surface area contributed by atoms with Gasteiger partial charge in [-0.15, -0.1) is 0 Å². The molecule has 2 aromatic rings. The number of nitrogens with one attached hydrogen (secondary N) is 1. The SMILES string of the molecule is CCc1ccc(N[C@@H](c2ccc(Cl)c(C)c2)C(F)(F)F)cc1CN1CC[C@@H](C(=O)O)C1. The molecule has 0 radical (unpaired) electrons. The molecule has 3 rings (SSSR count). The highest BCUT2D eigenvalue weighted by atomic mass is 35.5. The van der Waals surface area contributed by atoms with E-state index in [9.17, 15) is 23.1 Å². The summed E-state index contributed by atoms with van der Waals surface area (Å²) in [5.74, 6) is -1.20. The number of nitrogens with zero attached hydrogens (tertiary/aromatic N) is 1. The molecule has 1 saturated heterocycles. The Morgan fingerprint density at radius 3 is 2.58 bits per heavy atom. The van der Waals surface area contributed by atoms with Gasteiger partial charge in [-0.1, -0.05) is 36.7 Å². The molecule has 0 spiro atoms. The lowest BCUT2D eigenvalue weighted by Gasteiger charge is -2.25. The molecule has 0 saturated carbocycles. The van der Waals surface area contributed by atoms with Gasteiger partial charge in [-0.2, -0.15) is 13.2 Å². The van der Waals surface area contributed by atoms with Crippen LogP contribution in [0.5, 0.6) is 0 Å². The maximum Gasteiger partial charge on any atom is 0.412 e. The van der Waals surface area contributed by atoms with Crippen LogP contribution in [0, 0.1) is 12.8 Å². The third kappa shape index (κ3) is 5.71. The van der Waals surface area contributed by atoms with Crippen LogP contribution in [0.25, 0.3) is 0 Å². The van der Waals surface area contributed by atoms with Crippen LogP contribution in [0.2, 0.25) is 5.02 Å². The van der Waals surface area contributed by atoms with E-state index in [0.717, 1.165) is 17.5 Å². The predicted molar refractivity (Wildman–Crippen MR) is 115 cm³/mol. The maximum atomic E-state index is 13.9. The molecule has 168 valence electrons. The molecule has 1 aliphatic heterocycles. The number of carboxylic acid groups (broad SMARTS) is 1. The first kappa shape index (κ1) is 23.4. The summed E-state index contributed by atoms with van der Waals surface area (Å²) >= 11 is 5.98. The second-order valence-electron chi connectivity index (χ2n) is 8.02. The van der Waals surface area contributed by atoms with Crippen LogP contribution in [-0.2, 0) is 17.8 Å². The van der Waals surface area contributed by atoms with E-state index in [-0.39, 0.29) is 5.56 Å². The number of halogens is 4. The van der Waals surface area contributed by atoms with E-state index in [0.29, 0.717) is 42.3 Å². The van der Waals surface area contributed by atoms with Crippen molar-refractivity contribution in [3.63, 3.8) is 0 Å². The molecule has 0 bridgehead atoms. The molecular weight excluding hydrogens is 429 g/mol. The Kier molecular flexibility index (Phi) is 7.17.